The molecule has 1 amide bonds. The number of nitrogens with zero attached hydrogens (tertiary/aromatic N) is 2. The van der Waals surface area contributed by atoms with E-state index in [0.29, 0.717) is 23.8 Å². The molecule has 1 atom stereocenters. The first kappa shape index (κ1) is 22.2. The van der Waals surface area contributed by atoms with E-state index in [2.05, 4.69) is 30.9 Å². The monoisotopic (exact) mass is 465 g/mol. The number of nitrogens with two attached hydrogens (primary N) is 1. The third-order valence-corrected chi connectivity index (χ3v) is 5.10. The SMILES string of the molecule is NC(=O)c1cnc(Nc2ccc3c(c2)NC[C@H](O)CO3)nc1Nc1cccc2[nH]ccc12.S. The highest BCUT2D eigenvalue weighted by atomic mass is 32.1. The lowest BCUT2D eigenvalue weighted by Crippen LogP contribution is -2.23. The summed E-state index contributed by atoms with van der Waals surface area (Å²) in [5, 5.41) is 20.2. The van der Waals surface area contributed by atoms with Crippen molar-refractivity contribution in [2.75, 3.05) is 29.1 Å². The van der Waals surface area contributed by atoms with E-state index in [1.807, 2.05) is 42.6 Å². The summed E-state index contributed by atoms with van der Waals surface area (Å²) < 4.78 is 5.59. The van der Waals surface area contributed by atoms with Gasteiger partial charge in [-0.2, -0.15) is 18.5 Å². The highest BCUT2D eigenvalue weighted by Gasteiger charge is 2.16. The topological polar surface area (TPSA) is 150 Å². The van der Waals surface area contributed by atoms with Crippen molar-refractivity contribution in [1.29, 1.82) is 0 Å². The van der Waals surface area contributed by atoms with Crippen LogP contribution in [0, 0.1) is 0 Å². The number of primary amides is 1. The predicted octanol–water partition coefficient (Wildman–Crippen LogP) is 2.82. The van der Waals surface area contributed by atoms with Crippen LogP contribution < -0.4 is 26.4 Å². The smallest absolute Gasteiger partial charge is 0.254 e. The van der Waals surface area contributed by atoms with Crippen LogP contribution >= 0.6 is 13.5 Å². The summed E-state index contributed by atoms with van der Waals surface area (Å²) in [7, 11) is 0. The number of carbonyl (C=O) groups excluding carboxylic acids is 1. The van der Waals surface area contributed by atoms with Crippen LogP contribution in [0.25, 0.3) is 10.9 Å². The second-order valence-electron chi connectivity index (χ2n) is 7.37. The Hall–Kier alpha value is -3.96. The number of aromatic amines is 1. The molecule has 0 fully saturated rings. The Bertz CT molecular complexity index is 1310. The van der Waals surface area contributed by atoms with Crippen LogP contribution in [0.2, 0.25) is 0 Å². The molecule has 10 nitrogen and oxygen atoms in total. The summed E-state index contributed by atoms with van der Waals surface area (Å²) >= 11 is 0. The fourth-order valence-electron chi connectivity index (χ4n) is 3.51. The van der Waals surface area contributed by atoms with Gasteiger partial charge in [0.1, 0.15) is 29.8 Å². The molecule has 4 aromatic rings. The highest BCUT2D eigenvalue weighted by molar-refractivity contribution is 7.59. The largest absolute Gasteiger partial charge is 0.489 e. The average Bonchev–Trinajstić information content (AvgIpc) is 3.19. The van der Waals surface area contributed by atoms with E-state index in [-0.39, 0.29) is 31.6 Å². The van der Waals surface area contributed by atoms with E-state index in [0.717, 1.165) is 22.3 Å². The van der Waals surface area contributed by atoms with Crippen LogP contribution in [-0.2, 0) is 0 Å². The van der Waals surface area contributed by atoms with Gasteiger partial charge >= 0.3 is 0 Å². The fraction of sp³-hybridized carbons (Fsp3) is 0.136. The molecule has 170 valence electrons. The van der Waals surface area contributed by atoms with E-state index in [1.54, 1.807) is 6.07 Å². The van der Waals surface area contributed by atoms with Gasteiger partial charge in [-0.3, -0.25) is 4.79 Å². The lowest BCUT2D eigenvalue weighted by molar-refractivity contribution is 0.100. The molecular formula is C22H23N7O3S. The molecule has 0 spiro atoms. The number of rotatable bonds is 5. The molecule has 2 aromatic heterocycles. The number of fused-ring (bicyclic) bond motifs is 2. The molecule has 0 unspecified atom stereocenters. The van der Waals surface area contributed by atoms with E-state index in [1.165, 1.54) is 6.20 Å². The van der Waals surface area contributed by atoms with Gasteiger partial charge in [0, 0.05) is 41.2 Å². The van der Waals surface area contributed by atoms with E-state index in [4.69, 9.17) is 10.5 Å². The minimum Gasteiger partial charge on any atom is -0.489 e. The van der Waals surface area contributed by atoms with Gasteiger partial charge < -0.3 is 36.5 Å². The first-order valence-electron chi connectivity index (χ1n) is 10.0. The van der Waals surface area contributed by atoms with Crippen LogP contribution in [0.15, 0.2) is 54.9 Å². The van der Waals surface area contributed by atoms with E-state index < -0.39 is 12.0 Å². The number of H-pyrrole nitrogens is 1. The Morgan fingerprint density at radius 1 is 1.21 bits per heavy atom. The molecule has 0 aliphatic carbocycles. The molecule has 33 heavy (non-hydrogen) atoms. The van der Waals surface area contributed by atoms with E-state index in [9.17, 15) is 9.90 Å². The summed E-state index contributed by atoms with van der Waals surface area (Å²) in [6.45, 7) is 0.617. The van der Waals surface area contributed by atoms with Crippen molar-refractivity contribution < 1.29 is 14.6 Å². The maximum Gasteiger partial charge on any atom is 0.254 e. The first-order chi connectivity index (χ1) is 15.6. The number of aliphatic hydroxyl groups is 1. The lowest BCUT2D eigenvalue weighted by atomic mass is 10.2. The highest BCUT2D eigenvalue weighted by Crippen LogP contribution is 2.31. The molecule has 0 saturated carbocycles. The van der Waals surface area contributed by atoms with Crippen LogP contribution in [0.5, 0.6) is 5.75 Å². The number of nitrogens with one attached hydrogen (secondary N) is 4. The van der Waals surface area contributed by atoms with Gasteiger partial charge in [-0.15, -0.1) is 0 Å². The molecule has 3 heterocycles. The van der Waals surface area contributed by atoms with Gasteiger partial charge in [0.2, 0.25) is 5.95 Å². The Morgan fingerprint density at radius 3 is 2.94 bits per heavy atom. The lowest BCUT2D eigenvalue weighted by Gasteiger charge is -2.13. The number of amides is 1. The molecule has 0 saturated heterocycles. The molecule has 5 rings (SSSR count). The van der Waals surface area contributed by atoms with Gasteiger partial charge in [0.15, 0.2) is 0 Å². The number of hydrogen-bond donors (Lipinski definition) is 6. The molecule has 1 aliphatic rings. The zero-order chi connectivity index (χ0) is 22.1. The van der Waals surface area contributed by atoms with Crippen molar-refractivity contribution in [3.05, 3.63) is 60.4 Å². The number of anilines is 5. The molecule has 0 bridgehead atoms. The predicted molar refractivity (Wildman–Crippen MR) is 132 cm³/mol. The minimum atomic E-state index is -0.634. The van der Waals surface area contributed by atoms with Crippen LogP contribution in [0.1, 0.15) is 10.4 Å². The summed E-state index contributed by atoms with van der Waals surface area (Å²) in [4.78, 5) is 23.8. The molecule has 2 aromatic carbocycles. The number of β-amino-alcohol motifs (C(OH)–C–C–N with tert-alkyl or cyclic N) is 1. The maximum absolute atomic E-state index is 11.9. The summed E-state index contributed by atoms with van der Waals surface area (Å²) in [6, 6.07) is 13.1. The Labute approximate surface area is 196 Å². The zero-order valence-corrected chi connectivity index (χ0v) is 18.4. The van der Waals surface area contributed by atoms with Crippen molar-refractivity contribution >= 4 is 59.1 Å². The van der Waals surface area contributed by atoms with Crippen molar-refractivity contribution in [2.45, 2.75) is 6.10 Å². The maximum atomic E-state index is 11.9. The minimum absolute atomic E-state index is 0. The third kappa shape index (κ3) is 4.64. The number of carbonyl (C=O) groups is 1. The van der Waals surface area contributed by atoms with Crippen LogP contribution in [0.4, 0.5) is 28.8 Å². The number of aromatic nitrogens is 3. The molecule has 0 radical (unpaired) electrons. The Balaban J connectivity index is 0.00000259. The number of benzene rings is 2. The second-order valence-corrected chi connectivity index (χ2v) is 7.37. The van der Waals surface area contributed by atoms with Gasteiger partial charge in [0.05, 0.1) is 5.69 Å². The fourth-order valence-corrected chi connectivity index (χ4v) is 3.51. The normalized spacial score (nSPS) is 14.8. The number of ether oxygens (including phenoxy) is 1. The van der Waals surface area contributed by atoms with Crippen LogP contribution in [-0.4, -0.2) is 45.2 Å². The van der Waals surface area contributed by atoms with Gasteiger partial charge in [0.25, 0.3) is 5.91 Å². The van der Waals surface area contributed by atoms with Crippen LogP contribution in [0.3, 0.4) is 0 Å². The molecule has 1 aliphatic heterocycles. The average molecular weight is 466 g/mol. The van der Waals surface area contributed by atoms with Crippen molar-refractivity contribution in [3.63, 3.8) is 0 Å². The second kappa shape index (κ2) is 9.27. The summed E-state index contributed by atoms with van der Waals surface area (Å²) in [6.07, 6.45) is 2.65. The Morgan fingerprint density at radius 2 is 2.09 bits per heavy atom. The first-order valence-corrected chi connectivity index (χ1v) is 10.0. The zero-order valence-electron chi connectivity index (χ0n) is 17.4. The van der Waals surface area contributed by atoms with Crippen molar-refractivity contribution in [3.8, 4) is 5.75 Å². The number of hydrogen-bond acceptors (Lipinski definition) is 8. The Kier molecular flexibility index (Phi) is 6.24. The van der Waals surface area contributed by atoms with Gasteiger partial charge in [-0.1, -0.05) is 6.07 Å². The quantitative estimate of drug-likeness (QED) is 0.263. The van der Waals surface area contributed by atoms with Gasteiger partial charge in [-0.05, 0) is 36.4 Å². The summed E-state index contributed by atoms with van der Waals surface area (Å²) in [5.74, 6) is 0.598. The third-order valence-electron chi connectivity index (χ3n) is 5.10. The van der Waals surface area contributed by atoms with Crippen molar-refractivity contribution in [2.24, 2.45) is 5.73 Å². The molecule has 11 heteroatoms. The molecular weight excluding hydrogens is 442 g/mol. The standard InChI is InChI=1S/C22H21N7O3.H2S/c23-20(31)15-10-26-22(27-12-4-5-19-18(8-12)25-9-13(30)11-32-19)29-21(15)28-17-3-1-2-16-14(17)6-7-24-16;/h1-8,10,13,24-25,30H,9,11H2,(H2,23,31)(H2,26,27,28,29);1H2/t13-;/m0./s1. The summed E-state index contributed by atoms with van der Waals surface area (Å²) in [5.41, 5.74) is 8.90. The van der Waals surface area contributed by atoms with Crippen molar-refractivity contribution in [1.82, 2.24) is 15.0 Å². The number of aliphatic hydroxyl groups excluding tert-OH is 1. The van der Waals surface area contributed by atoms with Gasteiger partial charge in [-0.25, -0.2) is 4.98 Å². The molecule has 7 N–H and O–H groups in total. The van der Waals surface area contributed by atoms with E-state index >= 15 is 0 Å².